The van der Waals surface area contributed by atoms with Gasteiger partial charge in [0.25, 0.3) is 5.91 Å². The fraction of sp³-hybridized carbons (Fsp3) is 0.684. The maximum absolute atomic E-state index is 12.4. The molecule has 2 saturated heterocycles. The van der Waals surface area contributed by atoms with Crippen LogP contribution in [0.4, 0.5) is 0 Å². The third-order valence-electron chi connectivity index (χ3n) is 6.57. The molecule has 2 atom stereocenters. The number of carbonyl (C=O) groups is 1. The van der Waals surface area contributed by atoms with Gasteiger partial charge in [0.1, 0.15) is 0 Å². The van der Waals surface area contributed by atoms with E-state index in [1.54, 1.807) is 12.4 Å². The van der Waals surface area contributed by atoms with Crippen molar-refractivity contribution in [2.75, 3.05) is 19.6 Å². The molecule has 8 nitrogen and oxygen atoms in total. The van der Waals surface area contributed by atoms with Crippen LogP contribution >= 0.6 is 0 Å². The molecule has 0 spiro atoms. The highest BCUT2D eigenvalue weighted by molar-refractivity contribution is 5.93. The number of hydrogen-bond donors (Lipinski definition) is 1. The van der Waals surface area contributed by atoms with E-state index >= 15 is 0 Å². The molecular weight excluding hydrogens is 342 g/mol. The van der Waals surface area contributed by atoms with E-state index in [1.165, 1.54) is 25.8 Å². The fourth-order valence-electron chi connectivity index (χ4n) is 5.06. The summed E-state index contributed by atoms with van der Waals surface area (Å²) < 4.78 is 2.00. The van der Waals surface area contributed by atoms with Crippen LogP contribution in [0.3, 0.4) is 0 Å². The van der Waals surface area contributed by atoms with Crippen LogP contribution in [0.1, 0.15) is 48.2 Å². The molecule has 144 valence electrons. The number of amides is 1. The molecule has 2 aromatic heterocycles. The molecule has 2 aliphatic heterocycles. The van der Waals surface area contributed by atoms with Crippen LogP contribution in [0.15, 0.2) is 18.6 Å². The average Bonchev–Trinajstić information content (AvgIpc) is 3.47. The molecule has 4 heterocycles. The minimum Gasteiger partial charge on any atom is -0.339 e. The van der Waals surface area contributed by atoms with Crippen molar-refractivity contribution in [2.24, 2.45) is 11.8 Å². The zero-order valence-electron chi connectivity index (χ0n) is 15.6. The zero-order valence-corrected chi connectivity index (χ0v) is 15.6. The Labute approximate surface area is 158 Å². The van der Waals surface area contributed by atoms with Gasteiger partial charge in [0.15, 0.2) is 0 Å². The Hall–Kier alpha value is -2.22. The Morgan fingerprint density at radius 2 is 2.11 bits per heavy atom. The molecule has 1 saturated carbocycles. The molecule has 27 heavy (non-hydrogen) atoms. The van der Waals surface area contributed by atoms with Crippen LogP contribution in [0.5, 0.6) is 0 Å². The van der Waals surface area contributed by atoms with E-state index in [1.807, 2.05) is 9.58 Å². The highest BCUT2D eigenvalue weighted by atomic mass is 16.2. The van der Waals surface area contributed by atoms with Crippen molar-refractivity contribution in [1.82, 2.24) is 35.0 Å². The van der Waals surface area contributed by atoms with Gasteiger partial charge in [-0.25, -0.2) is 0 Å². The normalized spacial score (nSPS) is 26.1. The summed E-state index contributed by atoms with van der Waals surface area (Å²) in [5, 5.41) is 15.3. The van der Waals surface area contributed by atoms with Crippen LogP contribution in [0, 0.1) is 11.8 Å². The summed E-state index contributed by atoms with van der Waals surface area (Å²) in [7, 11) is 0. The maximum atomic E-state index is 12.4. The van der Waals surface area contributed by atoms with Gasteiger partial charge in [-0.15, -0.1) is 5.10 Å². The Morgan fingerprint density at radius 1 is 1.22 bits per heavy atom. The van der Waals surface area contributed by atoms with E-state index in [2.05, 4.69) is 31.6 Å². The van der Waals surface area contributed by atoms with Crippen LogP contribution in [-0.2, 0) is 13.1 Å². The standard InChI is InChI=1S/C19H27N7O/c27-19(16-8-20-21-9-16)24-5-3-14(4-6-24)11-26-13-17(22-23-26)12-25-10-15-1-2-18(25)7-15/h8-9,13-15,18H,1-7,10-12H2,(H,20,21)/t15-,18-/m0/s1. The molecule has 0 unspecified atom stereocenters. The molecule has 1 aliphatic carbocycles. The van der Waals surface area contributed by atoms with Crippen LogP contribution in [-0.4, -0.2) is 66.6 Å². The van der Waals surface area contributed by atoms with Crippen molar-refractivity contribution in [2.45, 2.75) is 51.2 Å². The van der Waals surface area contributed by atoms with Gasteiger partial charge in [-0.1, -0.05) is 5.21 Å². The first-order chi connectivity index (χ1) is 13.2. The van der Waals surface area contributed by atoms with Gasteiger partial charge in [0.2, 0.25) is 0 Å². The molecule has 3 aliphatic rings. The number of likely N-dealkylation sites (tertiary alicyclic amines) is 2. The number of nitrogens with zero attached hydrogens (tertiary/aromatic N) is 6. The monoisotopic (exact) mass is 369 g/mol. The molecular formula is C19H27N7O. The van der Waals surface area contributed by atoms with Crippen molar-refractivity contribution in [3.8, 4) is 0 Å². The predicted molar refractivity (Wildman–Crippen MR) is 98.8 cm³/mol. The Morgan fingerprint density at radius 3 is 2.81 bits per heavy atom. The number of nitrogens with one attached hydrogen (secondary N) is 1. The molecule has 0 radical (unpaired) electrons. The third kappa shape index (κ3) is 3.50. The fourth-order valence-corrected chi connectivity index (χ4v) is 5.06. The van der Waals surface area contributed by atoms with E-state index < -0.39 is 0 Å². The lowest BCUT2D eigenvalue weighted by molar-refractivity contribution is 0.0681. The van der Waals surface area contributed by atoms with Crippen LogP contribution < -0.4 is 0 Å². The second-order valence-electron chi connectivity index (χ2n) is 8.42. The van der Waals surface area contributed by atoms with Gasteiger partial charge in [0.05, 0.1) is 17.5 Å². The van der Waals surface area contributed by atoms with Crippen molar-refractivity contribution >= 4 is 5.91 Å². The molecule has 0 aromatic carbocycles. The first-order valence-corrected chi connectivity index (χ1v) is 10.2. The number of carbonyl (C=O) groups excluding carboxylic acids is 1. The van der Waals surface area contributed by atoms with Crippen molar-refractivity contribution < 1.29 is 4.79 Å². The van der Waals surface area contributed by atoms with E-state index in [0.717, 1.165) is 56.7 Å². The molecule has 2 bridgehead atoms. The summed E-state index contributed by atoms with van der Waals surface area (Å²) in [6.45, 7) is 4.67. The summed E-state index contributed by atoms with van der Waals surface area (Å²) in [5.74, 6) is 1.54. The number of piperidine rings is 2. The second-order valence-corrected chi connectivity index (χ2v) is 8.42. The number of aromatic nitrogens is 5. The lowest BCUT2D eigenvalue weighted by Crippen LogP contribution is -2.39. The number of rotatable bonds is 5. The van der Waals surface area contributed by atoms with Gasteiger partial charge < -0.3 is 4.90 Å². The lowest BCUT2D eigenvalue weighted by atomic mass is 9.96. The number of aromatic amines is 1. The number of fused-ring (bicyclic) bond motifs is 2. The molecule has 1 amide bonds. The number of hydrogen-bond acceptors (Lipinski definition) is 5. The minimum absolute atomic E-state index is 0.0742. The average molecular weight is 369 g/mol. The van der Waals surface area contributed by atoms with Crippen LogP contribution in [0.2, 0.25) is 0 Å². The van der Waals surface area contributed by atoms with E-state index in [9.17, 15) is 4.79 Å². The SMILES string of the molecule is O=C(c1cn[nH]c1)N1CCC(Cn2cc(CN3C[C@H]4CC[C@H]3C4)nn2)CC1. The molecule has 3 fully saturated rings. The smallest absolute Gasteiger partial charge is 0.257 e. The van der Waals surface area contributed by atoms with Crippen molar-refractivity contribution in [3.05, 3.63) is 29.8 Å². The highest BCUT2D eigenvalue weighted by Crippen LogP contribution is 2.37. The summed E-state index contributed by atoms with van der Waals surface area (Å²) >= 11 is 0. The van der Waals surface area contributed by atoms with Gasteiger partial charge >= 0.3 is 0 Å². The largest absolute Gasteiger partial charge is 0.339 e. The molecule has 1 N–H and O–H groups in total. The van der Waals surface area contributed by atoms with Crippen molar-refractivity contribution in [1.29, 1.82) is 0 Å². The topological polar surface area (TPSA) is 82.9 Å². The summed E-state index contributed by atoms with van der Waals surface area (Å²) in [5.41, 5.74) is 1.74. The molecule has 8 heteroatoms. The first-order valence-electron chi connectivity index (χ1n) is 10.2. The molecule has 5 rings (SSSR count). The minimum atomic E-state index is 0.0742. The van der Waals surface area contributed by atoms with E-state index in [0.29, 0.717) is 11.5 Å². The van der Waals surface area contributed by atoms with Crippen molar-refractivity contribution in [3.63, 3.8) is 0 Å². The van der Waals surface area contributed by atoms with Gasteiger partial charge in [-0.3, -0.25) is 19.5 Å². The maximum Gasteiger partial charge on any atom is 0.257 e. The van der Waals surface area contributed by atoms with Gasteiger partial charge in [0, 0.05) is 51.2 Å². The number of H-pyrrole nitrogens is 1. The lowest BCUT2D eigenvalue weighted by Gasteiger charge is -2.31. The summed E-state index contributed by atoms with van der Waals surface area (Å²) in [6, 6.07) is 0.775. The second kappa shape index (κ2) is 7.07. The summed E-state index contributed by atoms with van der Waals surface area (Å²) in [4.78, 5) is 16.9. The first kappa shape index (κ1) is 16.9. The van der Waals surface area contributed by atoms with Crippen LogP contribution in [0.25, 0.3) is 0 Å². The van der Waals surface area contributed by atoms with E-state index in [-0.39, 0.29) is 5.91 Å². The Kier molecular flexibility index (Phi) is 4.43. The van der Waals surface area contributed by atoms with Gasteiger partial charge in [-0.05, 0) is 43.9 Å². The Bertz CT molecular complexity index is 778. The highest BCUT2D eigenvalue weighted by Gasteiger charge is 2.37. The predicted octanol–water partition coefficient (Wildman–Crippen LogP) is 1.54. The van der Waals surface area contributed by atoms with Gasteiger partial charge in [-0.2, -0.15) is 5.10 Å². The molecule has 2 aromatic rings. The zero-order chi connectivity index (χ0) is 18.2. The third-order valence-corrected chi connectivity index (χ3v) is 6.57. The van der Waals surface area contributed by atoms with E-state index in [4.69, 9.17) is 0 Å². The quantitative estimate of drug-likeness (QED) is 0.864. The Balaban J connectivity index is 1.11. The summed E-state index contributed by atoms with van der Waals surface area (Å²) in [6.07, 6.45) is 11.5.